The summed E-state index contributed by atoms with van der Waals surface area (Å²) in [6.45, 7) is 0.419. The predicted molar refractivity (Wildman–Crippen MR) is 74.6 cm³/mol. The number of rotatable bonds is 3. The maximum atomic E-state index is 12.8. The molecule has 0 fully saturated rings. The minimum Gasteiger partial charge on any atom is -0.347 e. The van der Waals surface area contributed by atoms with Gasteiger partial charge in [0, 0.05) is 14.7 Å². The summed E-state index contributed by atoms with van der Waals surface area (Å²) in [6, 6.07) is 5.63. The molecular formula is C12H8BrClFNOS. The highest BCUT2D eigenvalue weighted by Crippen LogP contribution is 2.20. The quantitative estimate of drug-likeness (QED) is 0.883. The van der Waals surface area contributed by atoms with Crippen LogP contribution in [0.4, 0.5) is 4.39 Å². The number of halogens is 3. The molecule has 6 heteroatoms. The molecule has 94 valence electrons. The average Bonchev–Trinajstić information content (AvgIpc) is 2.72. The first-order chi connectivity index (χ1) is 8.56. The van der Waals surface area contributed by atoms with Crippen LogP contribution in [0.2, 0.25) is 5.02 Å². The molecule has 0 saturated heterocycles. The summed E-state index contributed by atoms with van der Waals surface area (Å²) in [7, 11) is 0. The maximum absolute atomic E-state index is 12.8. The summed E-state index contributed by atoms with van der Waals surface area (Å²) in [5, 5.41) is 4.78. The Hall–Kier alpha value is -0.910. The van der Waals surface area contributed by atoms with Crippen LogP contribution in [0.1, 0.15) is 15.2 Å². The van der Waals surface area contributed by atoms with Crippen molar-refractivity contribution in [2.24, 2.45) is 0 Å². The lowest BCUT2D eigenvalue weighted by atomic mass is 10.2. The zero-order valence-electron chi connectivity index (χ0n) is 9.04. The molecule has 0 unspecified atom stereocenters. The predicted octanol–water partition coefficient (Wildman–Crippen LogP) is 4.23. The Labute approximate surface area is 121 Å². The Morgan fingerprint density at radius 2 is 2.22 bits per heavy atom. The monoisotopic (exact) mass is 347 g/mol. The number of hydrogen-bond acceptors (Lipinski definition) is 2. The van der Waals surface area contributed by atoms with Gasteiger partial charge in [0.05, 0.1) is 17.1 Å². The van der Waals surface area contributed by atoms with Crippen LogP contribution in [-0.4, -0.2) is 5.91 Å². The van der Waals surface area contributed by atoms with Gasteiger partial charge in [-0.1, -0.05) is 11.6 Å². The first-order valence-corrected chi connectivity index (χ1v) is 7.07. The van der Waals surface area contributed by atoms with E-state index in [1.54, 1.807) is 0 Å². The average molecular weight is 349 g/mol. The van der Waals surface area contributed by atoms with Crippen LogP contribution < -0.4 is 5.32 Å². The summed E-state index contributed by atoms with van der Waals surface area (Å²) in [5.74, 6) is -0.775. The summed E-state index contributed by atoms with van der Waals surface area (Å²) in [6.07, 6.45) is 0. The highest BCUT2D eigenvalue weighted by atomic mass is 79.9. The van der Waals surface area contributed by atoms with E-state index in [-0.39, 0.29) is 16.5 Å². The highest BCUT2D eigenvalue weighted by molar-refractivity contribution is 9.10. The van der Waals surface area contributed by atoms with Gasteiger partial charge < -0.3 is 5.32 Å². The number of carbonyl (C=O) groups excluding carboxylic acids is 1. The lowest BCUT2D eigenvalue weighted by molar-refractivity contribution is 0.0951. The Kier molecular flexibility index (Phi) is 4.37. The first-order valence-electron chi connectivity index (χ1n) is 5.02. The van der Waals surface area contributed by atoms with E-state index >= 15 is 0 Å². The molecule has 1 heterocycles. The van der Waals surface area contributed by atoms with Gasteiger partial charge in [0.25, 0.3) is 5.91 Å². The molecular weight excluding hydrogens is 341 g/mol. The molecule has 2 rings (SSSR count). The van der Waals surface area contributed by atoms with Gasteiger partial charge in [-0.05, 0) is 40.2 Å². The van der Waals surface area contributed by atoms with Crippen molar-refractivity contribution in [2.75, 3.05) is 0 Å². The summed E-state index contributed by atoms with van der Waals surface area (Å²) in [5.41, 5.74) is 0.272. The van der Waals surface area contributed by atoms with Crippen molar-refractivity contribution >= 4 is 44.8 Å². The van der Waals surface area contributed by atoms with Crippen LogP contribution in [0.15, 0.2) is 34.1 Å². The molecule has 0 aliphatic carbocycles. The van der Waals surface area contributed by atoms with Gasteiger partial charge in [0.2, 0.25) is 0 Å². The molecule has 1 amide bonds. The van der Waals surface area contributed by atoms with Crippen molar-refractivity contribution < 1.29 is 9.18 Å². The molecule has 0 saturated carbocycles. The molecule has 2 nitrogen and oxygen atoms in total. The standard InChI is InChI=1S/C12H8BrClFNOS/c13-7-3-9(18-6-7)5-16-12(17)10-2-1-8(15)4-11(10)14/h1-4,6H,5H2,(H,16,17). The van der Waals surface area contributed by atoms with E-state index in [0.29, 0.717) is 6.54 Å². The van der Waals surface area contributed by atoms with Crippen molar-refractivity contribution in [3.8, 4) is 0 Å². The van der Waals surface area contributed by atoms with Crippen molar-refractivity contribution in [2.45, 2.75) is 6.54 Å². The van der Waals surface area contributed by atoms with Crippen LogP contribution in [0, 0.1) is 5.82 Å². The first kappa shape index (κ1) is 13.5. The van der Waals surface area contributed by atoms with E-state index in [4.69, 9.17) is 11.6 Å². The van der Waals surface area contributed by atoms with E-state index in [9.17, 15) is 9.18 Å². The summed E-state index contributed by atoms with van der Waals surface area (Å²) < 4.78 is 13.8. The number of benzene rings is 1. The van der Waals surface area contributed by atoms with Crippen LogP contribution in [0.5, 0.6) is 0 Å². The SMILES string of the molecule is O=C(NCc1cc(Br)cs1)c1ccc(F)cc1Cl. The number of hydrogen-bond donors (Lipinski definition) is 1. The Balaban J connectivity index is 2.03. The molecule has 2 aromatic rings. The third-order valence-corrected chi connectivity index (χ3v) is 4.23. The zero-order valence-corrected chi connectivity index (χ0v) is 12.2. The molecule has 0 aliphatic heterocycles. The maximum Gasteiger partial charge on any atom is 0.253 e. The van der Waals surface area contributed by atoms with E-state index in [2.05, 4.69) is 21.2 Å². The molecule has 0 spiro atoms. The Bertz CT molecular complexity index is 587. The number of thiophene rings is 1. The van der Waals surface area contributed by atoms with Gasteiger partial charge >= 0.3 is 0 Å². The molecule has 1 aromatic carbocycles. The van der Waals surface area contributed by atoms with E-state index in [1.807, 2.05) is 11.4 Å². The summed E-state index contributed by atoms with van der Waals surface area (Å²) in [4.78, 5) is 12.9. The third kappa shape index (κ3) is 3.31. The molecule has 0 aliphatic rings. The second-order valence-corrected chi connectivity index (χ2v) is 5.86. The molecule has 1 aromatic heterocycles. The van der Waals surface area contributed by atoms with E-state index < -0.39 is 5.82 Å². The van der Waals surface area contributed by atoms with Gasteiger partial charge in [0.15, 0.2) is 0 Å². The van der Waals surface area contributed by atoms with Crippen LogP contribution >= 0.6 is 38.9 Å². The van der Waals surface area contributed by atoms with Gasteiger partial charge in [-0.15, -0.1) is 11.3 Å². The van der Waals surface area contributed by atoms with Crippen molar-refractivity contribution in [3.05, 3.63) is 55.4 Å². The lowest BCUT2D eigenvalue weighted by Crippen LogP contribution is -2.22. The van der Waals surface area contributed by atoms with E-state index in [1.165, 1.54) is 23.5 Å². The van der Waals surface area contributed by atoms with Crippen LogP contribution in [-0.2, 0) is 6.54 Å². The van der Waals surface area contributed by atoms with Gasteiger partial charge in [0.1, 0.15) is 5.82 Å². The molecule has 0 atom stereocenters. The molecule has 18 heavy (non-hydrogen) atoms. The van der Waals surface area contributed by atoms with Crippen molar-refractivity contribution in [1.82, 2.24) is 5.32 Å². The zero-order chi connectivity index (χ0) is 13.1. The third-order valence-electron chi connectivity index (χ3n) is 2.22. The fraction of sp³-hybridized carbons (Fsp3) is 0.0833. The normalized spacial score (nSPS) is 10.4. The number of carbonyl (C=O) groups is 1. The number of amides is 1. The fourth-order valence-corrected chi connectivity index (χ4v) is 3.03. The van der Waals surface area contributed by atoms with Crippen molar-refractivity contribution in [1.29, 1.82) is 0 Å². The van der Waals surface area contributed by atoms with Crippen LogP contribution in [0.25, 0.3) is 0 Å². The highest BCUT2D eigenvalue weighted by Gasteiger charge is 2.11. The van der Waals surface area contributed by atoms with Crippen molar-refractivity contribution in [3.63, 3.8) is 0 Å². The minimum absolute atomic E-state index is 0.111. The second-order valence-electron chi connectivity index (χ2n) is 3.54. The Morgan fingerprint density at radius 1 is 1.44 bits per heavy atom. The second kappa shape index (κ2) is 5.82. The lowest BCUT2D eigenvalue weighted by Gasteiger charge is -2.05. The van der Waals surface area contributed by atoms with Gasteiger partial charge in [-0.3, -0.25) is 4.79 Å². The Morgan fingerprint density at radius 3 is 2.83 bits per heavy atom. The van der Waals surface area contributed by atoms with Crippen LogP contribution in [0.3, 0.4) is 0 Å². The van der Waals surface area contributed by atoms with E-state index in [0.717, 1.165) is 15.4 Å². The topological polar surface area (TPSA) is 29.1 Å². The molecule has 1 N–H and O–H groups in total. The number of nitrogens with one attached hydrogen (secondary N) is 1. The minimum atomic E-state index is -0.460. The smallest absolute Gasteiger partial charge is 0.253 e. The molecule has 0 radical (unpaired) electrons. The fourth-order valence-electron chi connectivity index (χ4n) is 1.38. The molecule has 0 bridgehead atoms. The van der Waals surface area contributed by atoms with Gasteiger partial charge in [-0.2, -0.15) is 0 Å². The van der Waals surface area contributed by atoms with Gasteiger partial charge in [-0.25, -0.2) is 4.39 Å². The summed E-state index contributed by atoms with van der Waals surface area (Å²) >= 11 is 10.7. The largest absolute Gasteiger partial charge is 0.347 e.